The maximum Gasteiger partial charge on any atom is 0.271 e. The Hall–Kier alpha value is -3.88. The second-order valence-electron chi connectivity index (χ2n) is 7.55. The largest absolute Gasteiger partial charge is 0.493 e. The summed E-state index contributed by atoms with van der Waals surface area (Å²) in [6.07, 6.45) is 4.82. The minimum absolute atomic E-state index is 0.128. The second-order valence-corrected chi connectivity index (χ2v) is 7.55. The molecule has 1 aliphatic rings. The van der Waals surface area contributed by atoms with Gasteiger partial charge in [-0.15, -0.1) is 0 Å². The molecule has 0 saturated carbocycles. The molecule has 1 fully saturated rings. The SMILES string of the molecule is COc1ccc(NC(=O)[C@@H]2CCCN(C(=O)c3cc(-c4ccncc4)n[nH]3)C2)cc1OC. The molecular formula is C23H25N5O4. The van der Waals surface area contributed by atoms with Gasteiger partial charge in [-0.1, -0.05) is 0 Å². The summed E-state index contributed by atoms with van der Waals surface area (Å²) in [6, 6.07) is 10.6. The number of benzene rings is 1. The molecule has 0 aliphatic carbocycles. The van der Waals surface area contributed by atoms with E-state index in [9.17, 15) is 9.59 Å². The molecule has 2 amide bonds. The first-order valence-electron chi connectivity index (χ1n) is 10.4. The van der Waals surface area contributed by atoms with E-state index in [2.05, 4.69) is 20.5 Å². The summed E-state index contributed by atoms with van der Waals surface area (Å²) in [4.78, 5) is 31.6. The van der Waals surface area contributed by atoms with Crippen molar-refractivity contribution in [2.24, 2.45) is 5.92 Å². The summed E-state index contributed by atoms with van der Waals surface area (Å²) in [5.74, 6) is 0.530. The van der Waals surface area contributed by atoms with Crippen LogP contribution in [0.4, 0.5) is 5.69 Å². The number of ether oxygens (including phenoxy) is 2. The summed E-state index contributed by atoms with van der Waals surface area (Å²) in [5, 5.41) is 9.99. The molecule has 3 aromatic rings. The third kappa shape index (κ3) is 4.56. The van der Waals surface area contributed by atoms with E-state index in [1.54, 1.807) is 55.8 Å². The van der Waals surface area contributed by atoms with Crippen LogP contribution in [0.5, 0.6) is 11.5 Å². The Morgan fingerprint density at radius 3 is 2.62 bits per heavy atom. The third-order valence-electron chi connectivity index (χ3n) is 5.51. The molecule has 2 N–H and O–H groups in total. The molecule has 9 heteroatoms. The molecule has 1 aromatic carbocycles. The first-order chi connectivity index (χ1) is 15.6. The van der Waals surface area contributed by atoms with Gasteiger partial charge in [0.15, 0.2) is 11.5 Å². The molecule has 2 aromatic heterocycles. The van der Waals surface area contributed by atoms with E-state index < -0.39 is 0 Å². The van der Waals surface area contributed by atoms with Gasteiger partial charge in [-0.2, -0.15) is 5.10 Å². The van der Waals surface area contributed by atoms with Gasteiger partial charge in [0, 0.05) is 42.8 Å². The number of likely N-dealkylation sites (tertiary alicyclic amines) is 1. The van der Waals surface area contributed by atoms with Gasteiger partial charge >= 0.3 is 0 Å². The summed E-state index contributed by atoms with van der Waals surface area (Å²) in [7, 11) is 3.10. The number of methoxy groups -OCH3 is 2. The molecular weight excluding hydrogens is 410 g/mol. The molecule has 0 unspecified atom stereocenters. The third-order valence-corrected chi connectivity index (χ3v) is 5.51. The lowest BCUT2D eigenvalue weighted by atomic mass is 9.96. The number of nitrogens with zero attached hydrogens (tertiary/aromatic N) is 3. The highest BCUT2D eigenvalue weighted by molar-refractivity contribution is 5.96. The van der Waals surface area contributed by atoms with Gasteiger partial charge < -0.3 is 19.7 Å². The summed E-state index contributed by atoms with van der Waals surface area (Å²) < 4.78 is 10.5. The number of hydrogen-bond acceptors (Lipinski definition) is 6. The molecule has 0 radical (unpaired) electrons. The van der Waals surface area contributed by atoms with Crippen molar-refractivity contribution in [3.8, 4) is 22.8 Å². The summed E-state index contributed by atoms with van der Waals surface area (Å²) >= 11 is 0. The molecule has 9 nitrogen and oxygen atoms in total. The summed E-state index contributed by atoms with van der Waals surface area (Å²) in [5.41, 5.74) is 2.57. The van der Waals surface area contributed by atoms with Crippen LogP contribution in [0.1, 0.15) is 23.3 Å². The maximum atomic E-state index is 13.0. The molecule has 1 saturated heterocycles. The van der Waals surface area contributed by atoms with E-state index >= 15 is 0 Å². The van der Waals surface area contributed by atoms with E-state index in [1.165, 1.54) is 0 Å². The standard InChI is InChI=1S/C23H25N5O4/c1-31-20-6-5-17(12-21(20)32-2)25-22(29)16-4-3-11-28(14-16)23(30)19-13-18(26-27-19)15-7-9-24-10-8-15/h5-10,12-13,16H,3-4,11,14H2,1-2H3,(H,25,29)(H,26,27)/t16-/m1/s1. The lowest BCUT2D eigenvalue weighted by Crippen LogP contribution is -2.43. The van der Waals surface area contributed by atoms with Crippen LogP contribution >= 0.6 is 0 Å². The van der Waals surface area contributed by atoms with Crippen molar-refractivity contribution in [1.82, 2.24) is 20.1 Å². The Kier molecular flexibility index (Phi) is 6.34. The van der Waals surface area contributed by atoms with E-state index in [4.69, 9.17) is 9.47 Å². The first kappa shape index (κ1) is 21.4. The number of H-pyrrole nitrogens is 1. The average molecular weight is 435 g/mol. The highest BCUT2D eigenvalue weighted by atomic mass is 16.5. The number of pyridine rings is 1. The lowest BCUT2D eigenvalue weighted by Gasteiger charge is -2.31. The van der Waals surface area contributed by atoms with Crippen LogP contribution in [0.3, 0.4) is 0 Å². The van der Waals surface area contributed by atoms with Crippen molar-refractivity contribution >= 4 is 17.5 Å². The quantitative estimate of drug-likeness (QED) is 0.616. The maximum absolute atomic E-state index is 13.0. The van der Waals surface area contributed by atoms with Gasteiger partial charge in [0.05, 0.1) is 25.8 Å². The van der Waals surface area contributed by atoms with Gasteiger partial charge in [-0.05, 0) is 43.2 Å². The van der Waals surface area contributed by atoms with Gasteiger partial charge in [-0.25, -0.2) is 0 Å². The van der Waals surface area contributed by atoms with Crippen LogP contribution < -0.4 is 14.8 Å². The van der Waals surface area contributed by atoms with Gasteiger partial charge in [0.25, 0.3) is 5.91 Å². The minimum Gasteiger partial charge on any atom is -0.493 e. The predicted octanol–water partition coefficient (Wildman–Crippen LogP) is 2.98. The Morgan fingerprint density at radius 2 is 1.88 bits per heavy atom. The van der Waals surface area contributed by atoms with Crippen LogP contribution in [0.2, 0.25) is 0 Å². The number of hydrogen-bond donors (Lipinski definition) is 2. The van der Waals surface area contributed by atoms with Crippen LogP contribution in [0.25, 0.3) is 11.3 Å². The normalized spacial score (nSPS) is 15.8. The highest BCUT2D eigenvalue weighted by Gasteiger charge is 2.30. The minimum atomic E-state index is -0.302. The topological polar surface area (TPSA) is 109 Å². The van der Waals surface area contributed by atoms with E-state index in [-0.39, 0.29) is 17.7 Å². The molecule has 166 valence electrons. The number of carbonyl (C=O) groups is 2. The van der Waals surface area contributed by atoms with Crippen LogP contribution in [-0.2, 0) is 4.79 Å². The van der Waals surface area contributed by atoms with Gasteiger partial charge in [0.1, 0.15) is 5.69 Å². The molecule has 3 heterocycles. The van der Waals surface area contributed by atoms with Crippen molar-refractivity contribution in [1.29, 1.82) is 0 Å². The van der Waals surface area contributed by atoms with Crippen molar-refractivity contribution in [2.75, 3.05) is 32.6 Å². The number of amides is 2. The fourth-order valence-corrected chi connectivity index (χ4v) is 3.81. The Labute approximate surface area is 185 Å². The fraction of sp³-hybridized carbons (Fsp3) is 0.304. The van der Waals surface area contributed by atoms with Gasteiger partial charge in [-0.3, -0.25) is 19.7 Å². The molecule has 4 rings (SSSR count). The molecule has 32 heavy (non-hydrogen) atoms. The van der Waals surface area contributed by atoms with Gasteiger partial charge in [0.2, 0.25) is 5.91 Å². The zero-order valence-corrected chi connectivity index (χ0v) is 18.0. The highest BCUT2D eigenvalue weighted by Crippen LogP contribution is 2.30. The van der Waals surface area contributed by atoms with Crippen molar-refractivity contribution in [3.63, 3.8) is 0 Å². The average Bonchev–Trinajstić information content (AvgIpc) is 3.34. The molecule has 1 aliphatic heterocycles. The second kappa shape index (κ2) is 9.51. The van der Waals surface area contributed by atoms with E-state index in [0.717, 1.165) is 12.0 Å². The smallest absolute Gasteiger partial charge is 0.271 e. The number of aromatic amines is 1. The Balaban J connectivity index is 1.41. The zero-order chi connectivity index (χ0) is 22.5. The number of piperidine rings is 1. The van der Waals surface area contributed by atoms with Crippen molar-refractivity contribution in [2.45, 2.75) is 12.8 Å². The van der Waals surface area contributed by atoms with Crippen LogP contribution in [0.15, 0.2) is 48.8 Å². The molecule has 0 bridgehead atoms. The predicted molar refractivity (Wildman–Crippen MR) is 119 cm³/mol. The Bertz CT molecular complexity index is 1100. The van der Waals surface area contributed by atoms with Crippen LogP contribution in [-0.4, -0.2) is 59.2 Å². The van der Waals surface area contributed by atoms with E-state index in [1.807, 2.05) is 12.1 Å². The number of anilines is 1. The first-order valence-corrected chi connectivity index (χ1v) is 10.4. The number of aromatic nitrogens is 3. The molecule has 1 atom stereocenters. The monoisotopic (exact) mass is 435 g/mol. The molecule has 0 spiro atoms. The number of nitrogens with one attached hydrogen (secondary N) is 2. The number of carbonyl (C=O) groups excluding carboxylic acids is 2. The fourth-order valence-electron chi connectivity index (χ4n) is 3.81. The van der Waals surface area contributed by atoms with Crippen molar-refractivity contribution in [3.05, 3.63) is 54.5 Å². The zero-order valence-electron chi connectivity index (χ0n) is 18.0. The number of rotatable bonds is 6. The van der Waals surface area contributed by atoms with Crippen molar-refractivity contribution < 1.29 is 19.1 Å². The Morgan fingerprint density at radius 1 is 1.09 bits per heavy atom. The lowest BCUT2D eigenvalue weighted by molar-refractivity contribution is -0.121. The summed E-state index contributed by atoms with van der Waals surface area (Å²) in [6.45, 7) is 0.949. The van der Waals surface area contributed by atoms with E-state index in [0.29, 0.717) is 48.1 Å². The van der Waals surface area contributed by atoms with Crippen LogP contribution in [0, 0.1) is 5.92 Å².